The van der Waals surface area contributed by atoms with Crippen LogP contribution >= 0.6 is 0 Å². The lowest BCUT2D eigenvalue weighted by molar-refractivity contribution is -0.384. The molecule has 3 rings (SSSR count). The lowest BCUT2D eigenvalue weighted by atomic mass is 10.1. The number of carboxylic acids is 1. The molecular formula is C15H15N5O5. The normalized spacial score (nSPS) is 19.5. The van der Waals surface area contributed by atoms with E-state index >= 15 is 0 Å². The molecule has 10 heteroatoms. The second kappa shape index (κ2) is 6.67. The number of rotatable bonds is 5. The number of aliphatic carboxylic acids is 1. The number of aromatic nitrogens is 3. The van der Waals surface area contributed by atoms with Crippen LogP contribution in [0.15, 0.2) is 30.9 Å². The number of benzene rings is 1. The van der Waals surface area contributed by atoms with Gasteiger partial charge in [-0.3, -0.25) is 19.7 Å². The van der Waals surface area contributed by atoms with Gasteiger partial charge in [-0.25, -0.2) is 9.67 Å². The first-order chi connectivity index (χ1) is 12.0. The average molecular weight is 345 g/mol. The Bertz CT molecular complexity index is 820. The summed E-state index contributed by atoms with van der Waals surface area (Å²) in [4.78, 5) is 37.8. The molecule has 1 aromatic carbocycles. The summed E-state index contributed by atoms with van der Waals surface area (Å²) in [5.74, 6) is -1.80. The molecule has 0 radical (unpaired) electrons. The van der Waals surface area contributed by atoms with E-state index in [4.69, 9.17) is 5.11 Å². The minimum Gasteiger partial charge on any atom is -0.481 e. The Kier molecular flexibility index (Phi) is 4.42. The molecule has 0 saturated heterocycles. The van der Waals surface area contributed by atoms with Crippen molar-refractivity contribution in [2.45, 2.75) is 25.3 Å². The highest BCUT2D eigenvalue weighted by Gasteiger charge is 2.31. The van der Waals surface area contributed by atoms with Crippen molar-refractivity contribution in [3.63, 3.8) is 0 Å². The summed E-state index contributed by atoms with van der Waals surface area (Å²) in [5, 5.41) is 26.9. The first-order valence-corrected chi connectivity index (χ1v) is 7.63. The Labute approximate surface area is 141 Å². The van der Waals surface area contributed by atoms with Crippen molar-refractivity contribution in [3.05, 3.63) is 46.5 Å². The Morgan fingerprint density at radius 2 is 2.16 bits per heavy atom. The minimum atomic E-state index is -0.871. The summed E-state index contributed by atoms with van der Waals surface area (Å²) in [7, 11) is 0. The molecule has 0 aliphatic heterocycles. The highest BCUT2D eigenvalue weighted by molar-refractivity contribution is 5.95. The van der Waals surface area contributed by atoms with Crippen molar-refractivity contribution >= 4 is 17.6 Å². The molecule has 0 spiro atoms. The highest BCUT2D eigenvalue weighted by Crippen LogP contribution is 2.27. The SMILES string of the molecule is O=C(N[C@@H]1CC[C@H](C(=O)O)C1)c1ccc(-n2cncn2)c([N+](=O)[O-])c1. The number of amides is 1. The molecule has 1 aliphatic carbocycles. The Balaban J connectivity index is 1.78. The van der Waals surface area contributed by atoms with Crippen molar-refractivity contribution in [2.75, 3.05) is 0 Å². The van der Waals surface area contributed by atoms with Gasteiger partial charge in [0, 0.05) is 17.7 Å². The van der Waals surface area contributed by atoms with Crippen LogP contribution in [-0.4, -0.2) is 42.7 Å². The third kappa shape index (κ3) is 3.47. The summed E-state index contributed by atoms with van der Waals surface area (Å²) < 4.78 is 1.24. The van der Waals surface area contributed by atoms with E-state index in [1.165, 1.54) is 35.5 Å². The second-order valence-electron chi connectivity index (χ2n) is 5.82. The maximum Gasteiger partial charge on any atom is 0.306 e. The predicted molar refractivity (Wildman–Crippen MR) is 84.2 cm³/mol. The number of nitro benzene ring substituents is 1. The van der Waals surface area contributed by atoms with Gasteiger partial charge in [0.1, 0.15) is 18.3 Å². The number of carbonyl (C=O) groups is 2. The summed E-state index contributed by atoms with van der Waals surface area (Å²) in [6.45, 7) is 0. The van der Waals surface area contributed by atoms with Gasteiger partial charge in [-0.2, -0.15) is 5.10 Å². The van der Waals surface area contributed by atoms with E-state index in [0.717, 1.165) is 0 Å². The molecule has 2 atom stereocenters. The topological polar surface area (TPSA) is 140 Å². The van der Waals surface area contributed by atoms with E-state index in [1.807, 2.05) is 0 Å². The van der Waals surface area contributed by atoms with Gasteiger partial charge in [0.15, 0.2) is 0 Å². The molecule has 1 heterocycles. The molecule has 10 nitrogen and oxygen atoms in total. The summed E-state index contributed by atoms with van der Waals surface area (Å²) in [6.07, 6.45) is 4.02. The lowest BCUT2D eigenvalue weighted by Gasteiger charge is -2.13. The fourth-order valence-corrected chi connectivity index (χ4v) is 2.94. The molecule has 1 fully saturated rings. The van der Waals surface area contributed by atoms with Crippen LogP contribution in [0.1, 0.15) is 29.6 Å². The molecule has 1 aliphatic rings. The van der Waals surface area contributed by atoms with Gasteiger partial charge < -0.3 is 10.4 Å². The van der Waals surface area contributed by atoms with Gasteiger partial charge in [0.2, 0.25) is 0 Å². The molecular weight excluding hydrogens is 330 g/mol. The zero-order chi connectivity index (χ0) is 18.0. The molecule has 1 amide bonds. The second-order valence-corrected chi connectivity index (χ2v) is 5.82. The van der Waals surface area contributed by atoms with E-state index in [-0.39, 0.29) is 23.0 Å². The van der Waals surface area contributed by atoms with Crippen LogP contribution in [0.25, 0.3) is 5.69 Å². The third-order valence-corrected chi connectivity index (χ3v) is 4.22. The number of nitrogens with one attached hydrogen (secondary N) is 1. The van der Waals surface area contributed by atoms with Crippen LogP contribution in [-0.2, 0) is 4.79 Å². The van der Waals surface area contributed by atoms with Crippen molar-refractivity contribution in [1.29, 1.82) is 0 Å². The molecule has 1 aromatic heterocycles. The number of hydrogen-bond donors (Lipinski definition) is 2. The standard InChI is InChI=1S/C15H15N5O5/c21-14(18-11-3-1-10(5-11)15(22)23)9-2-4-12(13(6-9)20(24)25)19-8-16-7-17-19/h2,4,6-8,10-11H,1,3,5H2,(H,18,21)(H,22,23)/t10-,11+/m0/s1. The summed E-state index contributed by atoms with van der Waals surface area (Å²) in [5.41, 5.74) is 0.0631. The van der Waals surface area contributed by atoms with Gasteiger partial charge in [0.25, 0.3) is 11.6 Å². The number of carbonyl (C=O) groups excluding carboxylic acids is 1. The predicted octanol–water partition coefficient (Wildman–Crippen LogP) is 1.16. The van der Waals surface area contributed by atoms with E-state index < -0.39 is 22.7 Å². The molecule has 2 N–H and O–H groups in total. The monoisotopic (exact) mass is 345 g/mol. The molecule has 2 aromatic rings. The zero-order valence-electron chi connectivity index (χ0n) is 13.0. The number of nitrogens with zero attached hydrogens (tertiary/aromatic N) is 4. The fraction of sp³-hybridized carbons (Fsp3) is 0.333. The minimum absolute atomic E-state index is 0.134. The van der Waals surface area contributed by atoms with Crippen LogP contribution < -0.4 is 5.32 Å². The highest BCUT2D eigenvalue weighted by atomic mass is 16.6. The quantitative estimate of drug-likeness (QED) is 0.612. The van der Waals surface area contributed by atoms with Crippen LogP contribution in [0, 0.1) is 16.0 Å². The van der Waals surface area contributed by atoms with Gasteiger partial charge in [-0.1, -0.05) is 0 Å². The van der Waals surface area contributed by atoms with Gasteiger partial charge in [-0.15, -0.1) is 0 Å². The first-order valence-electron chi connectivity index (χ1n) is 7.63. The van der Waals surface area contributed by atoms with E-state index in [0.29, 0.717) is 19.3 Å². The molecule has 25 heavy (non-hydrogen) atoms. The van der Waals surface area contributed by atoms with Crippen molar-refractivity contribution in [3.8, 4) is 5.69 Å². The lowest BCUT2D eigenvalue weighted by Crippen LogP contribution is -2.33. The molecule has 130 valence electrons. The van der Waals surface area contributed by atoms with E-state index in [1.54, 1.807) is 0 Å². The number of carboxylic acid groups (broad SMARTS) is 1. The van der Waals surface area contributed by atoms with Crippen LogP contribution in [0.2, 0.25) is 0 Å². The Morgan fingerprint density at radius 1 is 1.36 bits per heavy atom. The number of nitro groups is 1. The van der Waals surface area contributed by atoms with Crippen molar-refractivity contribution in [2.24, 2.45) is 5.92 Å². The first kappa shape index (κ1) is 16.6. The third-order valence-electron chi connectivity index (χ3n) is 4.22. The molecule has 0 bridgehead atoms. The zero-order valence-corrected chi connectivity index (χ0v) is 13.0. The van der Waals surface area contributed by atoms with Gasteiger partial charge >= 0.3 is 5.97 Å². The van der Waals surface area contributed by atoms with E-state index in [2.05, 4.69) is 15.4 Å². The van der Waals surface area contributed by atoms with Crippen LogP contribution in [0.5, 0.6) is 0 Å². The fourth-order valence-electron chi connectivity index (χ4n) is 2.94. The average Bonchev–Trinajstić information content (AvgIpc) is 3.26. The molecule has 1 saturated carbocycles. The summed E-state index contributed by atoms with van der Waals surface area (Å²) >= 11 is 0. The molecule has 0 unspecified atom stereocenters. The summed E-state index contributed by atoms with van der Waals surface area (Å²) in [6, 6.07) is 3.82. The van der Waals surface area contributed by atoms with Crippen molar-refractivity contribution in [1.82, 2.24) is 20.1 Å². The van der Waals surface area contributed by atoms with Crippen molar-refractivity contribution < 1.29 is 19.6 Å². The van der Waals surface area contributed by atoms with Gasteiger partial charge in [0.05, 0.1) is 10.8 Å². The Morgan fingerprint density at radius 3 is 2.76 bits per heavy atom. The maximum absolute atomic E-state index is 12.3. The largest absolute Gasteiger partial charge is 0.481 e. The van der Waals surface area contributed by atoms with Gasteiger partial charge in [-0.05, 0) is 31.4 Å². The maximum atomic E-state index is 12.3. The van der Waals surface area contributed by atoms with Crippen LogP contribution in [0.3, 0.4) is 0 Å². The van der Waals surface area contributed by atoms with E-state index in [9.17, 15) is 19.7 Å². The smallest absolute Gasteiger partial charge is 0.306 e. The number of hydrogen-bond acceptors (Lipinski definition) is 6. The Hall–Kier alpha value is -3.30. The van der Waals surface area contributed by atoms with Crippen LogP contribution in [0.4, 0.5) is 5.69 Å².